The molecule has 15 nitrogen and oxygen atoms in total. The minimum absolute atomic E-state index is 0.0171. The van der Waals surface area contributed by atoms with Gasteiger partial charge in [0.15, 0.2) is 0 Å². The highest BCUT2D eigenvalue weighted by atomic mass is 32.1. The zero-order valence-corrected chi connectivity index (χ0v) is 36.1. The second-order valence-electron chi connectivity index (χ2n) is 12.9. The molecule has 320 valence electrons. The second kappa shape index (κ2) is 24.9. The van der Waals surface area contributed by atoms with Crippen LogP contribution in [-0.2, 0) is 24.0 Å². The van der Waals surface area contributed by atoms with Crippen LogP contribution in [0.25, 0.3) is 45.4 Å². The number of thiazole rings is 2. The van der Waals surface area contributed by atoms with Gasteiger partial charge in [-0.05, 0) is 75.4 Å². The average Bonchev–Trinajstić information content (AvgIpc) is 3.83. The van der Waals surface area contributed by atoms with Crippen molar-refractivity contribution in [2.24, 2.45) is 0 Å². The molecule has 2 aromatic carbocycles. The zero-order valence-electron chi connectivity index (χ0n) is 34.5. The highest BCUT2D eigenvalue weighted by Crippen LogP contribution is 2.22. The molecule has 2 amide bonds. The molecule has 0 aliphatic carbocycles. The van der Waals surface area contributed by atoms with Gasteiger partial charge in [-0.3, -0.25) is 38.7 Å². The predicted octanol–water partition coefficient (Wildman–Crippen LogP) is 3.06. The van der Waals surface area contributed by atoms with Crippen molar-refractivity contribution in [2.45, 2.75) is 34.6 Å². The number of carbonyl (C=O) groups excluding carboxylic acids is 2. The minimum Gasteiger partial charge on any atom is -0.480 e. The molecule has 60 heavy (non-hydrogen) atoms. The van der Waals surface area contributed by atoms with Crippen LogP contribution in [-0.4, -0.2) is 129 Å². The zero-order chi connectivity index (χ0) is 44.2. The van der Waals surface area contributed by atoms with Crippen LogP contribution < -0.4 is 30.4 Å². The van der Waals surface area contributed by atoms with Gasteiger partial charge in [-0.15, -0.1) is 22.7 Å². The predicted molar refractivity (Wildman–Crippen MR) is 240 cm³/mol. The highest BCUT2D eigenvalue weighted by Gasteiger charge is 2.20. The van der Waals surface area contributed by atoms with Gasteiger partial charge in [0.1, 0.15) is 10.0 Å². The summed E-state index contributed by atoms with van der Waals surface area (Å²) in [4.78, 5) is 74.7. The maximum Gasteiger partial charge on any atom is 0.317 e. The van der Waals surface area contributed by atoms with Crippen molar-refractivity contribution in [1.82, 2.24) is 24.7 Å². The number of hydrogen-bond acceptors (Lipinski definition) is 12. The lowest BCUT2D eigenvalue weighted by molar-refractivity contribution is -0.140. The van der Waals surface area contributed by atoms with E-state index in [1.165, 1.54) is 26.0 Å². The first-order valence-electron chi connectivity index (χ1n) is 19.3. The number of carboxylic acids is 3. The second-order valence-corrected chi connectivity index (χ2v) is 15.0. The van der Waals surface area contributed by atoms with Crippen LogP contribution in [0.3, 0.4) is 0 Å². The summed E-state index contributed by atoms with van der Waals surface area (Å²) in [6, 6.07) is 14.2. The molecule has 4 rings (SSSR count). The summed E-state index contributed by atoms with van der Waals surface area (Å²) in [7, 11) is 0. The number of aliphatic carboxylic acids is 3. The first kappa shape index (κ1) is 48.5. The number of amides is 2. The van der Waals surface area contributed by atoms with Crippen LogP contribution in [0.5, 0.6) is 0 Å². The molecule has 0 spiro atoms. The van der Waals surface area contributed by atoms with E-state index < -0.39 is 49.4 Å². The summed E-state index contributed by atoms with van der Waals surface area (Å²) in [5.41, 5.74) is 2.74. The summed E-state index contributed by atoms with van der Waals surface area (Å²) in [5, 5.41) is 37.6. The normalized spacial score (nSPS) is 12.5. The Balaban J connectivity index is 0.00000473. The van der Waals surface area contributed by atoms with E-state index in [2.05, 4.69) is 27.2 Å². The Kier molecular flexibility index (Phi) is 20.2. The Bertz CT molecular complexity index is 2310. The number of benzene rings is 2. The monoisotopic (exact) mass is 859 g/mol. The van der Waals surface area contributed by atoms with Gasteiger partial charge in [0.05, 0.1) is 52.5 Å². The van der Waals surface area contributed by atoms with Crippen LogP contribution >= 0.6 is 22.7 Å². The standard InChI is InChI=1S/C41H47N7O8S2.C2H6/c1-5-9-32-34(8-4)58-41(45-32)28-12-16-30(17-13-28)43-36(50)23-48(26-39(55)56)21-19-46(24-37(51)52)18-20-47(25-38(53)54)22-35(49)42-29-14-10-27(11-15-29)40-44-31(6-2)33(7-3)57-40;1-2/h5-17H,1,18-26H2,2-4H3,(H,42,49)(H,43,50)(H,51,52)(H,53,54)(H,55,56);1-2H3/b31-6+,32-9+,33-7+,34-8+;. The molecular formula is C43H53N7O8S2. The van der Waals surface area contributed by atoms with Crippen LogP contribution in [0.4, 0.5) is 11.4 Å². The number of aromatic nitrogens is 2. The van der Waals surface area contributed by atoms with E-state index >= 15 is 0 Å². The van der Waals surface area contributed by atoms with Crippen molar-refractivity contribution in [3.05, 3.63) is 80.9 Å². The van der Waals surface area contributed by atoms with E-state index in [1.807, 2.05) is 83.2 Å². The van der Waals surface area contributed by atoms with E-state index in [4.69, 9.17) is 0 Å². The van der Waals surface area contributed by atoms with Crippen molar-refractivity contribution in [2.75, 3.05) is 69.5 Å². The van der Waals surface area contributed by atoms with E-state index in [0.717, 1.165) is 40.9 Å². The Morgan fingerprint density at radius 1 is 0.583 bits per heavy atom. The molecule has 0 saturated heterocycles. The number of carbonyl (C=O) groups is 5. The molecule has 0 aliphatic heterocycles. The average molecular weight is 860 g/mol. The molecular weight excluding hydrogens is 807 g/mol. The largest absolute Gasteiger partial charge is 0.480 e. The summed E-state index contributed by atoms with van der Waals surface area (Å²) in [6.45, 7) is 11.7. The Labute approximate surface area is 357 Å². The quantitative estimate of drug-likeness (QED) is 0.0819. The summed E-state index contributed by atoms with van der Waals surface area (Å²) in [5.74, 6) is -4.43. The molecule has 0 fully saturated rings. The van der Waals surface area contributed by atoms with E-state index in [9.17, 15) is 39.3 Å². The smallest absolute Gasteiger partial charge is 0.317 e. The number of nitrogens with one attached hydrogen (secondary N) is 2. The van der Waals surface area contributed by atoms with E-state index in [0.29, 0.717) is 11.4 Å². The van der Waals surface area contributed by atoms with Crippen LogP contribution in [0.1, 0.15) is 34.6 Å². The fraction of sp³-hybridized carbons (Fsp3) is 0.326. The van der Waals surface area contributed by atoms with Crippen molar-refractivity contribution in [1.29, 1.82) is 0 Å². The number of anilines is 2. The molecule has 0 atom stereocenters. The fourth-order valence-corrected chi connectivity index (χ4v) is 7.76. The molecule has 0 radical (unpaired) electrons. The number of allylic oxidation sites excluding steroid dienone is 1. The SMILES string of the molecule is C=C/C=c1/nc(-c2ccc(NC(=O)CN(CCN(CCN(CC(=O)O)CC(=O)Nc3ccc(-c4nc(=C/C)/c(=C\C)s4)cc3)CC(=O)O)CC(=O)O)cc2)s/c1=C/C.CC. The van der Waals surface area contributed by atoms with E-state index in [1.54, 1.807) is 41.7 Å². The molecule has 4 aromatic rings. The lowest BCUT2D eigenvalue weighted by atomic mass is 10.2. The first-order chi connectivity index (χ1) is 28.8. The molecule has 0 unspecified atom stereocenters. The summed E-state index contributed by atoms with van der Waals surface area (Å²) in [6.07, 6.45) is 9.41. The molecule has 0 aliphatic rings. The molecule has 0 saturated carbocycles. The number of rotatable bonds is 21. The van der Waals surface area contributed by atoms with E-state index in [-0.39, 0.29) is 39.3 Å². The van der Waals surface area contributed by atoms with Crippen molar-refractivity contribution in [3.8, 4) is 21.1 Å². The van der Waals surface area contributed by atoms with Crippen LogP contribution in [0, 0.1) is 0 Å². The van der Waals surface area contributed by atoms with Gasteiger partial charge in [-0.2, -0.15) is 0 Å². The molecule has 2 aromatic heterocycles. The van der Waals surface area contributed by atoms with Gasteiger partial charge < -0.3 is 26.0 Å². The molecule has 5 N–H and O–H groups in total. The van der Waals surface area contributed by atoms with Crippen LogP contribution in [0.15, 0.2) is 61.2 Å². The third-order valence-electron chi connectivity index (χ3n) is 8.54. The number of hydrogen-bond donors (Lipinski definition) is 5. The van der Waals surface area contributed by atoms with Crippen LogP contribution in [0.2, 0.25) is 0 Å². The highest BCUT2D eigenvalue weighted by molar-refractivity contribution is 7.13. The maximum atomic E-state index is 13.0. The van der Waals surface area contributed by atoms with Gasteiger partial charge in [0.25, 0.3) is 0 Å². The number of nitrogens with zero attached hydrogens (tertiary/aromatic N) is 5. The lowest BCUT2D eigenvalue weighted by Gasteiger charge is -2.28. The Morgan fingerprint density at radius 3 is 1.30 bits per heavy atom. The minimum atomic E-state index is -1.17. The van der Waals surface area contributed by atoms with Gasteiger partial charge in [0, 0.05) is 48.7 Å². The Hall–Kier alpha value is -5.85. The third-order valence-corrected chi connectivity index (χ3v) is 10.9. The first-order valence-corrected chi connectivity index (χ1v) is 20.9. The van der Waals surface area contributed by atoms with Gasteiger partial charge in [0.2, 0.25) is 11.8 Å². The van der Waals surface area contributed by atoms with Gasteiger partial charge in [-0.1, -0.05) is 44.7 Å². The van der Waals surface area contributed by atoms with Gasteiger partial charge in [-0.25, -0.2) is 9.97 Å². The van der Waals surface area contributed by atoms with Crippen molar-refractivity contribution in [3.63, 3.8) is 0 Å². The number of carboxylic acid groups (broad SMARTS) is 3. The molecule has 17 heteroatoms. The third kappa shape index (κ3) is 15.7. The molecule has 0 bridgehead atoms. The molecule has 2 heterocycles. The lowest BCUT2D eigenvalue weighted by Crippen LogP contribution is -2.46. The van der Waals surface area contributed by atoms with Gasteiger partial charge >= 0.3 is 17.9 Å². The summed E-state index contributed by atoms with van der Waals surface area (Å²) < 4.78 is 2.07. The summed E-state index contributed by atoms with van der Waals surface area (Å²) >= 11 is 3.08. The fourth-order valence-electron chi connectivity index (χ4n) is 5.82. The Morgan fingerprint density at radius 2 is 0.950 bits per heavy atom. The topological polar surface area (TPSA) is 206 Å². The van der Waals surface area contributed by atoms with Crippen molar-refractivity contribution >= 4 is 88.1 Å². The van der Waals surface area contributed by atoms with Crippen molar-refractivity contribution < 1.29 is 39.3 Å². The maximum absolute atomic E-state index is 13.0.